The second-order valence-corrected chi connectivity index (χ2v) is 11.2. The maximum Gasteiger partial charge on any atom is 0.348 e. The molecule has 17 heteroatoms. The number of nitrogens with one attached hydrogen (secondary N) is 3. The van der Waals surface area contributed by atoms with Gasteiger partial charge in [-0.2, -0.15) is 0 Å². The maximum atomic E-state index is 12.5. The summed E-state index contributed by atoms with van der Waals surface area (Å²) in [5.41, 5.74) is 0.646. The number of hydrogen-bond donors (Lipinski definition) is 9. The fourth-order valence-corrected chi connectivity index (χ4v) is 6.83. The van der Waals surface area contributed by atoms with Gasteiger partial charge in [0.1, 0.15) is 18.3 Å². The Morgan fingerprint density at radius 2 is 1.26 bits per heavy atom. The molecule has 14 nitrogen and oxygen atoms in total. The molecule has 9 N–H and O–H groups in total. The van der Waals surface area contributed by atoms with Crippen LogP contribution in [0, 0.1) is 10.7 Å². The third kappa shape index (κ3) is 11.9. The zero-order chi connectivity index (χ0) is 30.6. The van der Waals surface area contributed by atoms with Crippen LogP contribution >= 0.6 is 67.8 Å². The molecule has 1 unspecified atom stereocenters. The fourth-order valence-electron chi connectivity index (χ4n) is 2.68. The Bertz CT molecular complexity index is 986. The maximum absolute atomic E-state index is 12.5. The highest BCUT2D eigenvalue weighted by atomic mass is 127. The van der Waals surface area contributed by atoms with E-state index in [1.807, 2.05) is 67.8 Å². The van der Waals surface area contributed by atoms with E-state index in [9.17, 15) is 29.4 Å². The van der Waals surface area contributed by atoms with Crippen molar-refractivity contribution < 1.29 is 54.6 Å². The topological polar surface area (TPSA) is 235 Å². The minimum atomic E-state index is -1.55. The summed E-state index contributed by atoms with van der Waals surface area (Å²) in [5.74, 6) is -2.78. The summed E-state index contributed by atoms with van der Waals surface area (Å²) < 4.78 is 5.97. The Hall–Kier alpha value is -0.790. The number of halogens is 3. The monoisotopic (exact) mass is 895 g/mol. The molecule has 39 heavy (non-hydrogen) atoms. The average molecular weight is 895 g/mol. The number of aliphatic hydroxyl groups excluding tert-OH is 6. The highest BCUT2D eigenvalue weighted by Gasteiger charge is 2.30. The van der Waals surface area contributed by atoms with Crippen LogP contribution in [0.15, 0.2) is 0 Å². The van der Waals surface area contributed by atoms with Gasteiger partial charge in [0, 0.05) is 20.4 Å². The molecule has 2 amide bonds. The third-order valence-corrected chi connectivity index (χ3v) is 7.95. The normalized spacial score (nSPS) is 14.6. The molecule has 0 aromatic heterocycles. The first-order valence-corrected chi connectivity index (χ1v) is 14.5. The van der Waals surface area contributed by atoms with Gasteiger partial charge in [0.2, 0.25) is 11.8 Å². The van der Waals surface area contributed by atoms with E-state index in [0.29, 0.717) is 22.1 Å². The van der Waals surface area contributed by atoms with E-state index in [4.69, 9.17) is 25.2 Å². The van der Waals surface area contributed by atoms with Gasteiger partial charge in [0.15, 0.2) is 6.10 Å². The largest absolute Gasteiger partial charge is 0.394 e. The van der Waals surface area contributed by atoms with Gasteiger partial charge in [-0.15, -0.1) is 0 Å². The molecule has 0 heterocycles. The minimum Gasteiger partial charge on any atom is -0.394 e. The molecule has 1 aromatic carbocycles. The Kier molecular flexibility index (Phi) is 18.2. The summed E-state index contributed by atoms with van der Waals surface area (Å²) in [6, 6.07) is 0. The number of likely N-dealkylation sites (N-methyl/N-ethyl adjacent to an activating group) is 1. The Morgan fingerprint density at radius 3 is 1.62 bits per heavy atom. The number of hydrogen-bond acceptors (Lipinski definition) is 12. The van der Waals surface area contributed by atoms with Gasteiger partial charge in [0.05, 0.1) is 40.4 Å². The molecule has 0 bridgehead atoms. The van der Waals surface area contributed by atoms with Gasteiger partial charge >= 0.3 is 11.9 Å². The molecule has 5 atom stereocenters. The first kappa shape index (κ1) is 38.2. The summed E-state index contributed by atoms with van der Waals surface area (Å²) in [4.78, 5) is 47.3. The number of esters is 2. The zero-order valence-electron chi connectivity index (χ0n) is 21.4. The van der Waals surface area contributed by atoms with Crippen LogP contribution < -0.4 is 16.0 Å². The Balaban J connectivity index is 0.000000935. The summed E-state index contributed by atoms with van der Waals surface area (Å²) >= 11 is 5.65. The lowest BCUT2D eigenvalue weighted by Crippen LogP contribution is -2.48. The standard InChI is InChI=1S/C15H15I3N2O6.C7H17NO5/c1-4-7(23)14(24)26-15(25)8-9(16)12(19-5(2)21)11(18)13(10(8)17)20-6(3)22;1-8-2-4(10)6(12)7(13)5(11)3-9/h7,23H,4H2,1-3H3,(H,19,21)(H,20,22);4-13H,2-3H2,1H3/t;4-,5+,6+,7+/m.0/s1. The molecular formula is C22H32I3N3O11. The first-order valence-electron chi connectivity index (χ1n) is 11.2. The van der Waals surface area contributed by atoms with Crippen molar-refractivity contribution in [2.24, 2.45) is 0 Å². The second kappa shape index (κ2) is 18.6. The van der Waals surface area contributed by atoms with E-state index in [-0.39, 0.29) is 30.3 Å². The smallest absolute Gasteiger partial charge is 0.348 e. The van der Waals surface area contributed by atoms with Crippen LogP contribution in [0.4, 0.5) is 11.4 Å². The van der Waals surface area contributed by atoms with Crippen LogP contribution in [0.2, 0.25) is 0 Å². The Morgan fingerprint density at radius 1 is 0.821 bits per heavy atom. The van der Waals surface area contributed by atoms with Gasteiger partial charge in [-0.05, 0) is 81.2 Å². The van der Waals surface area contributed by atoms with Crippen LogP contribution in [-0.2, 0) is 19.1 Å². The van der Waals surface area contributed by atoms with E-state index >= 15 is 0 Å². The molecule has 1 aromatic rings. The van der Waals surface area contributed by atoms with Crippen LogP contribution in [0.3, 0.4) is 0 Å². The molecule has 0 aliphatic rings. The summed E-state index contributed by atoms with van der Waals surface area (Å²) in [5, 5.41) is 62.2. The second-order valence-electron chi connectivity index (χ2n) is 7.92. The number of rotatable bonds is 11. The number of carbonyl (C=O) groups excluding carboxylic acids is 4. The number of aliphatic hydroxyl groups is 6. The van der Waals surface area contributed by atoms with Gasteiger partial charge < -0.3 is 51.3 Å². The lowest BCUT2D eigenvalue weighted by Gasteiger charge is -2.25. The zero-order valence-corrected chi connectivity index (χ0v) is 27.8. The number of benzene rings is 1. The third-order valence-electron chi connectivity index (χ3n) is 4.71. The predicted molar refractivity (Wildman–Crippen MR) is 165 cm³/mol. The molecule has 0 saturated heterocycles. The molecule has 0 fully saturated rings. The molecule has 0 radical (unpaired) electrons. The average Bonchev–Trinajstić information content (AvgIpc) is 2.87. The quantitative estimate of drug-likeness (QED) is 0.0779. The van der Waals surface area contributed by atoms with Gasteiger partial charge in [0.25, 0.3) is 0 Å². The van der Waals surface area contributed by atoms with Crippen molar-refractivity contribution in [3.8, 4) is 0 Å². The molecule has 0 aliphatic heterocycles. The van der Waals surface area contributed by atoms with E-state index in [2.05, 4.69) is 16.0 Å². The van der Waals surface area contributed by atoms with Gasteiger partial charge in [-0.3, -0.25) is 9.59 Å². The molecule has 0 spiro atoms. The predicted octanol–water partition coefficient (Wildman–Crippen LogP) is -0.487. The molecular weight excluding hydrogens is 863 g/mol. The van der Waals surface area contributed by atoms with Gasteiger partial charge in [-0.1, -0.05) is 6.92 Å². The van der Waals surface area contributed by atoms with Crippen LogP contribution in [0.25, 0.3) is 0 Å². The van der Waals surface area contributed by atoms with Crippen molar-refractivity contribution in [1.29, 1.82) is 0 Å². The molecule has 0 aliphatic carbocycles. The van der Waals surface area contributed by atoms with Crippen molar-refractivity contribution >= 4 is 103 Å². The van der Waals surface area contributed by atoms with Crippen molar-refractivity contribution in [3.05, 3.63) is 16.3 Å². The SMILES string of the molecule is CCC(O)C(=O)OC(=O)c1c(I)c(NC(C)=O)c(I)c(NC(C)=O)c1I.CNC[C@H](O)[C@@H](O)[C@H](O)[C@H](O)CO. The van der Waals surface area contributed by atoms with Gasteiger partial charge in [-0.25, -0.2) is 9.59 Å². The van der Waals surface area contributed by atoms with Crippen molar-refractivity contribution in [3.63, 3.8) is 0 Å². The van der Waals surface area contributed by atoms with Crippen molar-refractivity contribution in [1.82, 2.24) is 5.32 Å². The molecule has 1 rings (SSSR count). The fraction of sp³-hybridized carbons (Fsp3) is 0.545. The van der Waals surface area contributed by atoms with E-state index in [1.54, 1.807) is 14.0 Å². The molecule has 0 saturated carbocycles. The summed E-state index contributed by atoms with van der Waals surface area (Å²) in [6.07, 6.45) is -6.96. The highest BCUT2D eigenvalue weighted by Crippen LogP contribution is 2.39. The van der Waals surface area contributed by atoms with E-state index < -0.39 is 49.1 Å². The number of ether oxygens (including phenoxy) is 1. The molecule has 222 valence electrons. The lowest BCUT2D eigenvalue weighted by molar-refractivity contribution is -0.147. The van der Waals surface area contributed by atoms with Crippen LogP contribution in [-0.4, -0.2) is 105 Å². The first-order chi connectivity index (χ1) is 18.0. The number of carbonyl (C=O) groups is 4. The number of amides is 2. The highest BCUT2D eigenvalue weighted by molar-refractivity contribution is 14.1. The van der Waals surface area contributed by atoms with Crippen molar-refractivity contribution in [2.75, 3.05) is 30.8 Å². The van der Waals surface area contributed by atoms with Crippen molar-refractivity contribution in [2.45, 2.75) is 57.7 Å². The summed E-state index contributed by atoms with van der Waals surface area (Å²) in [7, 11) is 1.57. The minimum absolute atomic E-state index is 0.00997. The lowest BCUT2D eigenvalue weighted by atomic mass is 10.0. The summed E-state index contributed by atoms with van der Waals surface area (Å²) in [6.45, 7) is 3.61. The van der Waals surface area contributed by atoms with E-state index in [0.717, 1.165) is 0 Å². The van der Waals surface area contributed by atoms with E-state index in [1.165, 1.54) is 13.8 Å². The van der Waals surface area contributed by atoms with Crippen LogP contribution in [0.1, 0.15) is 37.6 Å². The number of anilines is 2. The van der Waals surface area contributed by atoms with Crippen LogP contribution in [0.5, 0.6) is 0 Å². The Labute approximate surface area is 265 Å².